The number of rotatable bonds is 5. The third kappa shape index (κ3) is 2.44. The molecule has 1 aliphatic rings. The fraction of sp³-hybridized carbons (Fsp3) is 1.00. The Morgan fingerprint density at radius 1 is 1.58 bits per heavy atom. The number of ether oxygens (including phenoxy) is 1. The first-order valence-electron chi connectivity index (χ1n) is 4.76. The van der Waals surface area contributed by atoms with Crippen molar-refractivity contribution in [1.29, 1.82) is 0 Å². The van der Waals surface area contributed by atoms with Crippen LogP contribution in [-0.4, -0.2) is 37.0 Å². The molecule has 1 saturated heterocycles. The zero-order valence-electron chi connectivity index (χ0n) is 7.81. The van der Waals surface area contributed by atoms with Crippen molar-refractivity contribution in [3.8, 4) is 0 Å². The molecular weight excluding hydrogens is 154 g/mol. The van der Waals surface area contributed by atoms with Crippen molar-refractivity contribution in [2.75, 3.05) is 26.4 Å². The molecule has 0 amide bonds. The van der Waals surface area contributed by atoms with Crippen molar-refractivity contribution in [2.24, 2.45) is 0 Å². The van der Waals surface area contributed by atoms with E-state index in [1.165, 1.54) is 6.42 Å². The van der Waals surface area contributed by atoms with Gasteiger partial charge in [0.2, 0.25) is 0 Å². The van der Waals surface area contributed by atoms with Crippen molar-refractivity contribution in [1.82, 2.24) is 5.32 Å². The van der Waals surface area contributed by atoms with Crippen LogP contribution in [-0.2, 0) is 4.74 Å². The van der Waals surface area contributed by atoms with Gasteiger partial charge in [-0.1, -0.05) is 0 Å². The summed E-state index contributed by atoms with van der Waals surface area (Å²) < 4.78 is 5.27. The Kier molecular flexibility index (Phi) is 3.98. The normalized spacial score (nSPS) is 29.5. The van der Waals surface area contributed by atoms with E-state index in [0.717, 1.165) is 32.6 Å². The number of nitrogens with one attached hydrogen (secondary N) is 1. The van der Waals surface area contributed by atoms with E-state index in [1.807, 2.05) is 6.92 Å². The number of hydrogen-bond donors (Lipinski definition) is 2. The van der Waals surface area contributed by atoms with Gasteiger partial charge in [-0.05, 0) is 32.7 Å². The second-order valence-corrected chi connectivity index (χ2v) is 3.42. The van der Waals surface area contributed by atoms with Crippen LogP contribution in [0.25, 0.3) is 0 Å². The van der Waals surface area contributed by atoms with Gasteiger partial charge in [0.25, 0.3) is 0 Å². The number of hydrogen-bond acceptors (Lipinski definition) is 3. The van der Waals surface area contributed by atoms with Crippen LogP contribution < -0.4 is 5.32 Å². The Morgan fingerprint density at radius 2 is 2.42 bits per heavy atom. The highest BCUT2D eigenvalue weighted by Gasteiger charge is 2.31. The zero-order valence-corrected chi connectivity index (χ0v) is 7.81. The molecular formula is C9H19NO2. The SMILES string of the molecule is CCOCCC1(CO)CCCN1. The van der Waals surface area contributed by atoms with Crippen LogP contribution in [0.15, 0.2) is 0 Å². The average Bonchev–Trinajstić information content (AvgIpc) is 2.55. The standard InChI is InChI=1S/C9H19NO2/c1-2-12-7-5-9(8-11)4-3-6-10-9/h10-11H,2-8H2,1H3. The van der Waals surface area contributed by atoms with E-state index in [1.54, 1.807) is 0 Å². The second kappa shape index (κ2) is 4.80. The maximum atomic E-state index is 9.20. The van der Waals surface area contributed by atoms with Crippen LogP contribution in [0.2, 0.25) is 0 Å². The Hall–Kier alpha value is -0.120. The highest BCUT2D eigenvalue weighted by Crippen LogP contribution is 2.22. The van der Waals surface area contributed by atoms with Gasteiger partial charge in [0, 0.05) is 18.8 Å². The Balaban J connectivity index is 2.24. The van der Waals surface area contributed by atoms with Crippen LogP contribution in [0.1, 0.15) is 26.2 Å². The Bertz CT molecular complexity index is 122. The fourth-order valence-corrected chi connectivity index (χ4v) is 1.71. The molecule has 3 nitrogen and oxygen atoms in total. The fourth-order valence-electron chi connectivity index (χ4n) is 1.71. The van der Waals surface area contributed by atoms with Crippen molar-refractivity contribution < 1.29 is 9.84 Å². The Morgan fingerprint density at radius 3 is 2.92 bits per heavy atom. The summed E-state index contributed by atoms with van der Waals surface area (Å²) in [6.45, 7) is 4.78. The summed E-state index contributed by atoms with van der Waals surface area (Å²) >= 11 is 0. The summed E-state index contributed by atoms with van der Waals surface area (Å²) in [5.41, 5.74) is -0.0326. The van der Waals surface area contributed by atoms with Gasteiger partial charge in [-0.15, -0.1) is 0 Å². The molecule has 72 valence electrons. The molecule has 0 saturated carbocycles. The molecule has 0 spiro atoms. The minimum atomic E-state index is -0.0326. The largest absolute Gasteiger partial charge is 0.394 e. The van der Waals surface area contributed by atoms with Crippen molar-refractivity contribution in [3.05, 3.63) is 0 Å². The highest BCUT2D eigenvalue weighted by molar-refractivity contribution is 4.92. The average molecular weight is 173 g/mol. The maximum absolute atomic E-state index is 9.20. The van der Waals surface area contributed by atoms with Crippen LogP contribution in [0.5, 0.6) is 0 Å². The van der Waals surface area contributed by atoms with E-state index < -0.39 is 0 Å². The monoisotopic (exact) mass is 173 g/mol. The maximum Gasteiger partial charge on any atom is 0.0614 e. The van der Waals surface area contributed by atoms with E-state index >= 15 is 0 Å². The minimum Gasteiger partial charge on any atom is -0.394 e. The predicted molar refractivity (Wildman–Crippen MR) is 48.2 cm³/mol. The topological polar surface area (TPSA) is 41.5 Å². The molecule has 1 unspecified atom stereocenters. The lowest BCUT2D eigenvalue weighted by Crippen LogP contribution is -2.44. The molecule has 12 heavy (non-hydrogen) atoms. The van der Waals surface area contributed by atoms with E-state index in [9.17, 15) is 5.11 Å². The van der Waals surface area contributed by atoms with Gasteiger partial charge < -0.3 is 15.2 Å². The Labute approximate surface area is 74.1 Å². The lowest BCUT2D eigenvalue weighted by Gasteiger charge is -2.26. The zero-order chi connectivity index (χ0) is 8.86. The van der Waals surface area contributed by atoms with Crippen LogP contribution >= 0.6 is 0 Å². The smallest absolute Gasteiger partial charge is 0.0614 e. The summed E-state index contributed by atoms with van der Waals surface area (Å²) in [5, 5.41) is 12.5. The molecule has 0 aromatic heterocycles. The summed E-state index contributed by atoms with van der Waals surface area (Å²) in [6.07, 6.45) is 3.18. The first kappa shape index (κ1) is 9.96. The quantitative estimate of drug-likeness (QED) is 0.596. The van der Waals surface area contributed by atoms with Gasteiger partial charge in [0.05, 0.1) is 6.61 Å². The van der Waals surface area contributed by atoms with E-state index in [-0.39, 0.29) is 12.1 Å². The molecule has 1 rings (SSSR count). The van der Waals surface area contributed by atoms with Gasteiger partial charge in [-0.2, -0.15) is 0 Å². The predicted octanol–water partition coefficient (Wildman–Crippen LogP) is 0.528. The molecule has 0 aromatic rings. The van der Waals surface area contributed by atoms with Crippen LogP contribution in [0.4, 0.5) is 0 Å². The summed E-state index contributed by atoms with van der Waals surface area (Å²) in [7, 11) is 0. The van der Waals surface area contributed by atoms with Crippen LogP contribution in [0.3, 0.4) is 0 Å². The molecule has 1 atom stereocenters. The molecule has 2 N–H and O–H groups in total. The first-order chi connectivity index (χ1) is 5.83. The first-order valence-corrected chi connectivity index (χ1v) is 4.76. The van der Waals surface area contributed by atoms with Gasteiger partial charge in [0.1, 0.15) is 0 Å². The third-order valence-electron chi connectivity index (χ3n) is 2.56. The number of aliphatic hydroxyl groups excluding tert-OH is 1. The van der Waals surface area contributed by atoms with Crippen molar-refractivity contribution in [2.45, 2.75) is 31.7 Å². The van der Waals surface area contributed by atoms with Crippen molar-refractivity contribution >= 4 is 0 Å². The summed E-state index contributed by atoms with van der Waals surface area (Å²) in [5.74, 6) is 0. The lowest BCUT2D eigenvalue weighted by atomic mass is 9.95. The summed E-state index contributed by atoms with van der Waals surface area (Å²) in [6, 6.07) is 0. The van der Waals surface area contributed by atoms with E-state index in [4.69, 9.17) is 4.74 Å². The second-order valence-electron chi connectivity index (χ2n) is 3.42. The van der Waals surface area contributed by atoms with Gasteiger partial charge in [-0.25, -0.2) is 0 Å². The van der Waals surface area contributed by atoms with E-state index in [0.29, 0.717) is 0 Å². The molecule has 0 bridgehead atoms. The molecule has 1 heterocycles. The molecule has 0 radical (unpaired) electrons. The van der Waals surface area contributed by atoms with Gasteiger partial charge in [-0.3, -0.25) is 0 Å². The molecule has 1 fully saturated rings. The molecule has 1 aliphatic heterocycles. The van der Waals surface area contributed by atoms with Gasteiger partial charge in [0.15, 0.2) is 0 Å². The van der Waals surface area contributed by atoms with Crippen molar-refractivity contribution in [3.63, 3.8) is 0 Å². The summed E-state index contributed by atoms with van der Waals surface area (Å²) in [4.78, 5) is 0. The lowest BCUT2D eigenvalue weighted by molar-refractivity contribution is 0.0947. The minimum absolute atomic E-state index is 0.0326. The molecule has 0 aliphatic carbocycles. The van der Waals surface area contributed by atoms with E-state index in [2.05, 4.69) is 5.32 Å². The molecule has 3 heteroatoms. The van der Waals surface area contributed by atoms with Crippen LogP contribution in [0, 0.1) is 0 Å². The molecule has 0 aromatic carbocycles. The number of aliphatic hydroxyl groups is 1. The van der Waals surface area contributed by atoms with Gasteiger partial charge >= 0.3 is 0 Å². The third-order valence-corrected chi connectivity index (χ3v) is 2.56. The highest BCUT2D eigenvalue weighted by atomic mass is 16.5.